The van der Waals surface area contributed by atoms with Crippen molar-refractivity contribution in [3.63, 3.8) is 0 Å². The molecule has 0 aliphatic heterocycles. The summed E-state index contributed by atoms with van der Waals surface area (Å²) in [6.07, 6.45) is 1.79. The summed E-state index contributed by atoms with van der Waals surface area (Å²) in [5.74, 6) is -1.23. The number of ether oxygens (including phenoxy) is 2. The molecule has 1 aromatic carbocycles. The maximum Gasteiger partial charge on any atom is 0.181 e. The van der Waals surface area contributed by atoms with E-state index in [1.54, 1.807) is 29.7 Å². The van der Waals surface area contributed by atoms with Crippen molar-refractivity contribution in [1.29, 1.82) is 0 Å². The number of Topliss-reactive ketones (excluding diaryl/α,β-unsaturated/α-hetero) is 1. The number of fused-ring (bicyclic) bond motifs is 1. The molecule has 6 nitrogen and oxygen atoms in total. The van der Waals surface area contributed by atoms with E-state index in [1.807, 2.05) is 13.8 Å². The number of pyridine rings is 1. The standard InChI is InChI=1S/C24H28F2N2O4/c1-15(2)12-31-13-17(11-29)10-21(30)23-16(3)27-24-22(8-5-9-28(23)24)32-14-18-19(25)6-4-7-20(18)26/h4-9,15,17,29H,10-14H2,1-3H3. The van der Waals surface area contributed by atoms with Crippen LogP contribution in [0.2, 0.25) is 0 Å². The highest BCUT2D eigenvalue weighted by atomic mass is 19.1. The fourth-order valence-corrected chi connectivity index (χ4v) is 3.43. The van der Waals surface area contributed by atoms with Crippen LogP contribution in [0.4, 0.5) is 8.78 Å². The molecule has 2 aromatic heterocycles. The van der Waals surface area contributed by atoms with E-state index in [0.717, 1.165) is 0 Å². The summed E-state index contributed by atoms with van der Waals surface area (Å²) in [7, 11) is 0. The van der Waals surface area contributed by atoms with Crippen molar-refractivity contribution in [2.45, 2.75) is 33.8 Å². The molecule has 3 rings (SSSR count). The van der Waals surface area contributed by atoms with E-state index in [4.69, 9.17) is 9.47 Å². The van der Waals surface area contributed by atoms with Crippen molar-refractivity contribution in [1.82, 2.24) is 9.38 Å². The number of nitrogens with zero attached hydrogens (tertiary/aromatic N) is 2. The summed E-state index contributed by atoms with van der Waals surface area (Å²) in [6.45, 7) is 6.14. The van der Waals surface area contributed by atoms with E-state index in [1.165, 1.54) is 18.2 Å². The van der Waals surface area contributed by atoms with Crippen LogP contribution in [0.15, 0.2) is 36.5 Å². The highest BCUT2D eigenvalue weighted by molar-refractivity contribution is 5.96. The number of hydrogen-bond donors (Lipinski definition) is 1. The predicted molar refractivity (Wildman–Crippen MR) is 116 cm³/mol. The van der Waals surface area contributed by atoms with E-state index in [0.29, 0.717) is 41.9 Å². The minimum Gasteiger partial charge on any atom is -0.485 e. The third-order valence-corrected chi connectivity index (χ3v) is 5.02. The van der Waals surface area contributed by atoms with Gasteiger partial charge in [0.1, 0.15) is 23.9 Å². The summed E-state index contributed by atoms with van der Waals surface area (Å²) in [4.78, 5) is 17.5. The van der Waals surface area contributed by atoms with Gasteiger partial charge >= 0.3 is 0 Å². The van der Waals surface area contributed by atoms with Gasteiger partial charge in [-0.2, -0.15) is 0 Å². The number of rotatable bonds is 11. The van der Waals surface area contributed by atoms with Crippen LogP contribution in [0.5, 0.6) is 5.75 Å². The number of hydrogen-bond acceptors (Lipinski definition) is 5. The van der Waals surface area contributed by atoms with Crippen LogP contribution in [-0.2, 0) is 11.3 Å². The highest BCUT2D eigenvalue weighted by Gasteiger charge is 2.22. The van der Waals surface area contributed by atoms with Gasteiger partial charge in [-0.15, -0.1) is 0 Å². The van der Waals surface area contributed by atoms with Crippen LogP contribution >= 0.6 is 0 Å². The van der Waals surface area contributed by atoms with Gasteiger partial charge in [0.15, 0.2) is 17.2 Å². The minimum absolute atomic E-state index is 0.106. The number of halogens is 2. The molecule has 0 amide bonds. The van der Waals surface area contributed by atoms with Gasteiger partial charge in [-0.05, 0) is 37.1 Å². The number of aliphatic hydroxyl groups excluding tert-OH is 1. The Kier molecular flexibility index (Phi) is 7.93. The van der Waals surface area contributed by atoms with E-state index >= 15 is 0 Å². The Morgan fingerprint density at radius 2 is 1.88 bits per heavy atom. The summed E-state index contributed by atoms with van der Waals surface area (Å²) in [6, 6.07) is 6.93. The van der Waals surface area contributed by atoms with Crippen molar-refractivity contribution in [2.75, 3.05) is 19.8 Å². The SMILES string of the molecule is Cc1nc2c(OCc3c(F)cccc3F)cccn2c1C(=O)CC(CO)COCC(C)C. The van der Waals surface area contributed by atoms with Gasteiger partial charge in [-0.25, -0.2) is 13.8 Å². The topological polar surface area (TPSA) is 73.1 Å². The van der Waals surface area contributed by atoms with E-state index in [9.17, 15) is 18.7 Å². The lowest BCUT2D eigenvalue weighted by atomic mass is 10.0. The zero-order valence-corrected chi connectivity index (χ0v) is 18.5. The second-order valence-electron chi connectivity index (χ2n) is 8.21. The number of aromatic nitrogens is 2. The van der Waals surface area contributed by atoms with Crippen LogP contribution in [0.3, 0.4) is 0 Å². The van der Waals surface area contributed by atoms with Gasteiger partial charge in [0.05, 0.1) is 17.9 Å². The van der Waals surface area contributed by atoms with Gasteiger partial charge in [0.2, 0.25) is 0 Å². The number of benzene rings is 1. The highest BCUT2D eigenvalue weighted by Crippen LogP contribution is 2.25. The second-order valence-corrected chi connectivity index (χ2v) is 8.21. The Hall–Kier alpha value is -2.84. The molecule has 32 heavy (non-hydrogen) atoms. The van der Waals surface area contributed by atoms with Crippen molar-refractivity contribution in [3.05, 3.63) is 65.1 Å². The van der Waals surface area contributed by atoms with Gasteiger partial charge in [-0.3, -0.25) is 9.20 Å². The molecular formula is C24H28F2N2O4. The van der Waals surface area contributed by atoms with Crippen LogP contribution in [0, 0.1) is 30.4 Å². The quantitative estimate of drug-likeness (QED) is 0.443. The van der Waals surface area contributed by atoms with Crippen LogP contribution < -0.4 is 4.74 Å². The zero-order chi connectivity index (χ0) is 23.3. The Labute approximate surface area is 185 Å². The van der Waals surface area contributed by atoms with Crippen molar-refractivity contribution >= 4 is 11.4 Å². The lowest BCUT2D eigenvalue weighted by Crippen LogP contribution is -2.20. The summed E-state index contributed by atoms with van der Waals surface area (Å²) in [5, 5.41) is 9.65. The largest absolute Gasteiger partial charge is 0.485 e. The molecular weight excluding hydrogens is 418 g/mol. The van der Waals surface area contributed by atoms with E-state index < -0.39 is 11.6 Å². The van der Waals surface area contributed by atoms with Crippen LogP contribution in [0.25, 0.3) is 5.65 Å². The van der Waals surface area contributed by atoms with E-state index in [2.05, 4.69) is 4.98 Å². The summed E-state index contributed by atoms with van der Waals surface area (Å²) in [5.41, 5.74) is 1.08. The Balaban J connectivity index is 1.79. The van der Waals surface area contributed by atoms with Gasteiger partial charge in [0.25, 0.3) is 0 Å². The fraction of sp³-hybridized carbons (Fsp3) is 0.417. The van der Waals surface area contributed by atoms with Gasteiger partial charge in [-0.1, -0.05) is 19.9 Å². The number of aliphatic hydroxyl groups is 1. The normalized spacial score (nSPS) is 12.5. The number of aryl methyl sites for hydroxylation is 1. The van der Waals surface area contributed by atoms with Crippen LogP contribution in [-0.4, -0.2) is 40.1 Å². The molecule has 0 aliphatic rings. The molecule has 3 aromatic rings. The summed E-state index contributed by atoms with van der Waals surface area (Å²) >= 11 is 0. The number of carbonyl (C=O) groups excluding carboxylic acids is 1. The Morgan fingerprint density at radius 3 is 2.53 bits per heavy atom. The molecule has 0 fully saturated rings. The van der Waals surface area contributed by atoms with E-state index in [-0.39, 0.29) is 36.9 Å². The lowest BCUT2D eigenvalue weighted by molar-refractivity contribution is 0.0514. The van der Waals surface area contributed by atoms with Crippen molar-refractivity contribution in [2.24, 2.45) is 11.8 Å². The Bertz CT molecular complexity index is 1060. The molecule has 1 atom stereocenters. The van der Waals surface area contributed by atoms with Crippen molar-refractivity contribution < 1.29 is 28.2 Å². The first kappa shape index (κ1) is 23.8. The first-order chi connectivity index (χ1) is 15.3. The number of ketones is 1. The summed E-state index contributed by atoms with van der Waals surface area (Å²) < 4.78 is 40.7. The molecule has 0 radical (unpaired) electrons. The molecule has 2 heterocycles. The molecule has 0 spiro atoms. The smallest absolute Gasteiger partial charge is 0.181 e. The van der Waals surface area contributed by atoms with Gasteiger partial charge < -0.3 is 14.6 Å². The van der Waals surface area contributed by atoms with Gasteiger partial charge in [0, 0.05) is 31.7 Å². The monoisotopic (exact) mass is 446 g/mol. The number of carbonyl (C=O) groups is 1. The van der Waals surface area contributed by atoms with Crippen molar-refractivity contribution in [3.8, 4) is 5.75 Å². The zero-order valence-electron chi connectivity index (χ0n) is 18.5. The maximum absolute atomic E-state index is 13.9. The molecule has 0 bridgehead atoms. The average Bonchev–Trinajstić information content (AvgIpc) is 3.09. The fourth-order valence-electron chi connectivity index (χ4n) is 3.43. The molecule has 172 valence electrons. The molecule has 8 heteroatoms. The number of imidazole rings is 1. The third kappa shape index (κ3) is 5.49. The minimum atomic E-state index is -0.693. The third-order valence-electron chi connectivity index (χ3n) is 5.02. The maximum atomic E-state index is 13.9. The second kappa shape index (κ2) is 10.7. The van der Waals surface area contributed by atoms with Crippen LogP contribution in [0.1, 0.15) is 42.0 Å². The lowest BCUT2D eigenvalue weighted by Gasteiger charge is -2.15. The molecule has 1 N–H and O–H groups in total. The average molecular weight is 446 g/mol. The predicted octanol–water partition coefficient (Wildman–Crippen LogP) is 4.35. The first-order valence-corrected chi connectivity index (χ1v) is 10.6. The Morgan fingerprint density at radius 1 is 1.16 bits per heavy atom. The molecule has 0 saturated carbocycles. The molecule has 0 aliphatic carbocycles. The molecule has 1 unspecified atom stereocenters. The molecule has 0 saturated heterocycles. The first-order valence-electron chi connectivity index (χ1n) is 10.6.